The molecule has 1 N–H and O–H groups in total. The van der Waals surface area contributed by atoms with Crippen LogP contribution in [0, 0.1) is 28.6 Å². The number of alkyl halides is 1. The lowest BCUT2D eigenvalue weighted by Crippen LogP contribution is -2.60. The second-order valence-electron chi connectivity index (χ2n) is 9.71. The maximum atomic E-state index is 17.0. The summed E-state index contributed by atoms with van der Waals surface area (Å²) in [4.78, 5) is 0. The minimum absolute atomic E-state index is 0.242. The first kappa shape index (κ1) is 20.0. The van der Waals surface area contributed by atoms with E-state index in [0.29, 0.717) is 11.3 Å². The van der Waals surface area contributed by atoms with E-state index in [1.165, 1.54) is 24.8 Å². The fraction of sp³-hybridized carbons (Fsp3) is 0.833. The molecule has 0 aromatic carbocycles. The molecule has 3 saturated carbocycles. The Kier molecular flexibility index (Phi) is 5.57. The molecule has 4 aliphatic carbocycles. The Morgan fingerprint density at radius 3 is 2.81 bits per heavy atom. The predicted octanol–water partition coefficient (Wildman–Crippen LogP) is 6.33. The van der Waals surface area contributed by atoms with Crippen molar-refractivity contribution in [3.63, 3.8) is 0 Å². The molecular weight excluding hydrogens is 355 g/mol. The summed E-state index contributed by atoms with van der Waals surface area (Å²) < 4.78 is 17.0. The lowest BCUT2D eigenvalue weighted by Gasteiger charge is -2.61. The van der Waals surface area contributed by atoms with Crippen LogP contribution >= 0.6 is 11.8 Å². The summed E-state index contributed by atoms with van der Waals surface area (Å²) in [6, 6.07) is 0. The molecule has 152 valence electrons. The van der Waals surface area contributed by atoms with Gasteiger partial charge in [0.05, 0.1) is 6.61 Å². The van der Waals surface area contributed by atoms with Crippen LogP contribution in [0.3, 0.4) is 0 Å². The molecule has 4 aliphatic rings. The van der Waals surface area contributed by atoms with E-state index in [2.05, 4.69) is 32.1 Å². The van der Waals surface area contributed by atoms with Crippen molar-refractivity contribution in [2.45, 2.75) is 77.3 Å². The number of hydrogen-bond donors (Lipinski definition) is 1. The number of aliphatic hydroxyl groups excluding tert-OH is 1. The molecule has 6 atom stereocenters. The Balaban J connectivity index is 1.57. The van der Waals surface area contributed by atoms with Crippen LogP contribution in [0.15, 0.2) is 23.8 Å². The van der Waals surface area contributed by atoms with Gasteiger partial charge in [-0.25, -0.2) is 4.39 Å². The Hall–Kier alpha value is -0.280. The Morgan fingerprint density at radius 2 is 2.04 bits per heavy atom. The minimum atomic E-state index is -1.03. The normalized spacial score (nSPS) is 45.8. The number of aliphatic hydroxyl groups is 1. The highest BCUT2D eigenvalue weighted by molar-refractivity contribution is 7.99. The lowest BCUT2D eigenvalue weighted by molar-refractivity contribution is -0.132. The third-order valence-corrected chi connectivity index (χ3v) is 10.0. The average molecular weight is 393 g/mol. The fourth-order valence-corrected chi connectivity index (χ4v) is 8.43. The molecule has 27 heavy (non-hydrogen) atoms. The summed E-state index contributed by atoms with van der Waals surface area (Å²) in [6.45, 7) is 4.98. The van der Waals surface area contributed by atoms with Gasteiger partial charge in [-0.2, -0.15) is 11.8 Å². The van der Waals surface area contributed by atoms with Gasteiger partial charge >= 0.3 is 0 Å². The van der Waals surface area contributed by atoms with Crippen molar-refractivity contribution in [1.82, 2.24) is 0 Å². The number of rotatable bonds is 6. The van der Waals surface area contributed by atoms with Gasteiger partial charge in [0, 0.05) is 11.2 Å². The highest BCUT2D eigenvalue weighted by atomic mass is 32.2. The van der Waals surface area contributed by atoms with E-state index in [-0.39, 0.29) is 17.9 Å². The van der Waals surface area contributed by atoms with E-state index in [4.69, 9.17) is 5.11 Å². The quantitative estimate of drug-likeness (QED) is 0.421. The molecule has 0 spiro atoms. The van der Waals surface area contributed by atoms with Gasteiger partial charge in [-0.15, -0.1) is 0 Å². The van der Waals surface area contributed by atoms with Gasteiger partial charge in [-0.05, 0) is 86.7 Å². The molecule has 1 nitrogen and oxygen atoms in total. The van der Waals surface area contributed by atoms with Gasteiger partial charge in [0.15, 0.2) is 0 Å². The van der Waals surface area contributed by atoms with Gasteiger partial charge < -0.3 is 5.11 Å². The van der Waals surface area contributed by atoms with E-state index < -0.39 is 5.67 Å². The van der Waals surface area contributed by atoms with Crippen LogP contribution < -0.4 is 0 Å². The van der Waals surface area contributed by atoms with Gasteiger partial charge in [0.2, 0.25) is 0 Å². The second-order valence-corrected chi connectivity index (χ2v) is 10.9. The summed E-state index contributed by atoms with van der Waals surface area (Å²) in [7, 11) is 0. The standard InChI is InChI=1S/C24H37FOS/c1-3-23-12-5-4-6-19(23)8-10-21-20-9-7-18(11-16-27-17-15-26)22(20,2)13-14-24(21,23)25/h5-6,12,18,20-21,26H,3-4,7-11,13-17H2,1-2H3/t18-,20+,21+,22-,23+,24-/m1/s1. The first-order valence-corrected chi connectivity index (χ1v) is 12.4. The topological polar surface area (TPSA) is 20.2 Å². The van der Waals surface area contributed by atoms with Crippen molar-refractivity contribution in [3.05, 3.63) is 23.8 Å². The van der Waals surface area contributed by atoms with Crippen LogP contribution in [0.4, 0.5) is 4.39 Å². The molecule has 0 heterocycles. The summed E-state index contributed by atoms with van der Waals surface area (Å²) in [5, 5.41) is 9.02. The van der Waals surface area contributed by atoms with Crippen LogP contribution in [-0.2, 0) is 0 Å². The van der Waals surface area contributed by atoms with Crippen molar-refractivity contribution in [1.29, 1.82) is 0 Å². The number of fused-ring (bicyclic) bond motifs is 5. The van der Waals surface area contributed by atoms with E-state index in [1.807, 2.05) is 11.8 Å². The number of halogens is 1. The summed E-state index contributed by atoms with van der Waals surface area (Å²) >= 11 is 1.88. The molecule has 0 aromatic heterocycles. The minimum Gasteiger partial charge on any atom is -0.396 e. The zero-order valence-electron chi connectivity index (χ0n) is 17.2. The van der Waals surface area contributed by atoms with Crippen LogP contribution in [0.25, 0.3) is 0 Å². The van der Waals surface area contributed by atoms with Crippen LogP contribution in [0.5, 0.6) is 0 Å². The second kappa shape index (κ2) is 7.52. The molecule has 0 aromatic rings. The lowest BCUT2D eigenvalue weighted by atomic mass is 9.45. The van der Waals surface area contributed by atoms with Gasteiger partial charge in [-0.1, -0.05) is 37.6 Å². The Labute approximate surface area is 169 Å². The number of hydrogen-bond acceptors (Lipinski definition) is 2. The maximum absolute atomic E-state index is 17.0. The van der Waals surface area contributed by atoms with Crippen molar-refractivity contribution in [3.8, 4) is 0 Å². The van der Waals surface area contributed by atoms with E-state index in [1.54, 1.807) is 0 Å². The maximum Gasteiger partial charge on any atom is 0.126 e. The molecule has 0 saturated heterocycles. The van der Waals surface area contributed by atoms with Crippen molar-refractivity contribution in [2.24, 2.45) is 28.6 Å². The molecular formula is C24H37FOS. The SMILES string of the molecule is CC[C@]12C=CCC=C1CC[C@H]1[C@@H]3CC[C@H](CCSCCO)[C@@]3(C)CC[C@@]12F. The van der Waals surface area contributed by atoms with Gasteiger partial charge in [-0.3, -0.25) is 0 Å². The summed E-state index contributed by atoms with van der Waals surface area (Å²) in [5.74, 6) is 3.54. The molecule has 0 amide bonds. The van der Waals surface area contributed by atoms with E-state index in [0.717, 1.165) is 55.9 Å². The first-order chi connectivity index (χ1) is 13.0. The van der Waals surface area contributed by atoms with E-state index in [9.17, 15) is 0 Å². The van der Waals surface area contributed by atoms with E-state index >= 15 is 4.39 Å². The van der Waals surface area contributed by atoms with Crippen LogP contribution in [0.2, 0.25) is 0 Å². The molecule has 0 aliphatic heterocycles. The summed E-state index contributed by atoms with van der Waals surface area (Å²) in [5.41, 5.74) is 0.386. The molecule has 0 unspecified atom stereocenters. The van der Waals surface area contributed by atoms with Crippen molar-refractivity contribution < 1.29 is 9.50 Å². The van der Waals surface area contributed by atoms with Crippen LogP contribution in [-0.4, -0.2) is 28.9 Å². The molecule has 0 bridgehead atoms. The van der Waals surface area contributed by atoms with Gasteiger partial charge in [0.25, 0.3) is 0 Å². The smallest absolute Gasteiger partial charge is 0.126 e. The number of allylic oxidation sites excluding steroid dienone is 4. The third-order valence-electron chi connectivity index (χ3n) is 9.05. The monoisotopic (exact) mass is 392 g/mol. The Morgan fingerprint density at radius 1 is 1.19 bits per heavy atom. The zero-order valence-corrected chi connectivity index (χ0v) is 18.0. The molecule has 3 fully saturated rings. The highest BCUT2D eigenvalue weighted by Crippen LogP contribution is 2.70. The van der Waals surface area contributed by atoms with Crippen molar-refractivity contribution in [2.75, 3.05) is 18.1 Å². The first-order valence-electron chi connectivity index (χ1n) is 11.3. The number of thioether (sulfide) groups is 1. The van der Waals surface area contributed by atoms with Crippen LogP contribution in [0.1, 0.15) is 71.6 Å². The van der Waals surface area contributed by atoms with Gasteiger partial charge in [0.1, 0.15) is 5.67 Å². The highest BCUT2D eigenvalue weighted by Gasteiger charge is 2.66. The molecule has 4 rings (SSSR count). The summed E-state index contributed by atoms with van der Waals surface area (Å²) in [6.07, 6.45) is 16.5. The molecule has 3 heteroatoms. The third kappa shape index (κ3) is 2.89. The predicted molar refractivity (Wildman–Crippen MR) is 114 cm³/mol. The zero-order chi connectivity index (χ0) is 19.1. The Bertz CT molecular complexity index is 616. The molecule has 0 radical (unpaired) electrons. The average Bonchev–Trinajstić information content (AvgIpc) is 3.01. The fourth-order valence-electron chi connectivity index (χ4n) is 7.65. The van der Waals surface area contributed by atoms with Crippen molar-refractivity contribution >= 4 is 11.8 Å². The largest absolute Gasteiger partial charge is 0.396 e.